The van der Waals surface area contributed by atoms with Gasteiger partial charge in [-0.1, -0.05) is 26.5 Å². The first-order valence-electron chi connectivity index (χ1n) is 5.34. The minimum absolute atomic E-state index is 1.00. The van der Waals surface area contributed by atoms with Crippen LogP contribution in [0.5, 0.6) is 0 Å². The third-order valence-electron chi connectivity index (χ3n) is 2.21. The minimum atomic E-state index is 1.00. The zero-order chi connectivity index (χ0) is 11.0. The van der Waals surface area contributed by atoms with Gasteiger partial charge in [0.2, 0.25) is 0 Å². The van der Waals surface area contributed by atoms with Gasteiger partial charge in [0.1, 0.15) is 5.82 Å². The van der Waals surface area contributed by atoms with Crippen molar-refractivity contribution in [3.05, 3.63) is 24.0 Å². The molecule has 1 rings (SSSR count). The van der Waals surface area contributed by atoms with Gasteiger partial charge in [0.25, 0.3) is 0 Å². The first-order valence-corrected chi connectivity index (χ1v) is 5.34. The highest BCUT2D eigenvalue weighted by Crippen LogP contribution is 2.18. The summed E-state index contributed by atoms with van der Waals surface area (Å²) in [5, 5.41) is 0. The van der Waals surface area contributed by atoms with Crippen LogP contribution >= 0.6 is 0 Å². The molecule has 0 aliphatic carbocycles. The summed E-state index contributed by atoms with van der Waals surface area (Å²) >= 11 is 0. The number of allylic oxidation sites excluding steroid dienone is 2. The van der Waals surface area contributed by atoms with Crippen molar-refractivity contribution in [2.24, 2.45) is 4.99 Å². The SMILES string of the molecule is C=C/C(C)=C(\N=C)N1CCCC1.CC. The Morgan fingerprint density at radius 1 is 1.29 bits per heavy atom. The highest BCUT2D eigenvalue weighted by molar-refractivity contribution is 5.32. The molecule has 0 aromatic rings. The molecule has 1 aliphatic rings. The van der Waals surface area contributed by atoms with Crippen LogP contribution < -0.4 is 0 Å². The lowest BCUT2D eigenvalue weighted by Gasteiger charge is -2.18. The molecule has 14 heavy (non-hydrogen) atoms. The Hall–Kier alpha value is -1.05. The summed E-state index contributed by atoms with van der Waals surface area (Å²) in [6.45, 7) is 15.6. The maximum absolute atomic E-state index is 4.03. The second kappa shape index (κ2) is 7.36. The van der Waals surface area contributed by atoms with E-state index in [0.29, 0.717) is 0 Å². The number of nitrogens with zero attached hydrogens (tertiary/aromatic N) is 2. The van der Waals surface area contributed by atoms with Crippen LogP contribution in [0, 0.1) is 0 Å². The van der Waals surface area contributed by atoms with E-state index in [2.05, 4.69) is 23.2 Å². The Kier molecular flexibility index (Phi) is 6.81. The highest BCUT2D eigenvalue weighted by Gasteiger charge is 2.14. The van der Waals surface area contributed by atoms with Crippen molar-refractivity contribution in [1.82, 2.24) is 4.90 Å². The number of rotatable bonds is 3. The van der Waals surface area contributed by atoms with E-state index in [1.54, 1.807) is 0 Å². The molecule has 0 atom stereocenters. The summed E-state index contributed by atoms with van der Waals surface area (Å²) in [6.07, 6.45) is 4.37. The van der Waals surface area contributed by atoms with Crippen LogP contribution in [0.4, 0.5) is 0 Å². The topological polar surface area (TPSA) is 15.6 Å². The lowest BCUT2D eigenvalue weighted by Crippen LogP contribution is -2.18. The number of aliphatic imine (C=N–C) groups is 1. The fourth-order valence-corrected chi connectivity index (χ4v) is 1.49. The molecule has 1 saturated heterocycles. The van der Waals surface area contributed by atoms with E-state index in [4.69, 9.17) is 0 Å². The molecule has 0 unspecified atom stereocenters. The number of hydrogen-bond acceptors (Lipinski definition) is 2. The molecule has 0 aromatic heterocycles. The smallest absolute Gasteiger partial charge is 0.130 e. The summed E-state index contributed by atoms with van der Waals surface area (Å²) in [4.78, 5) is 6.29. The quantitative estimate of drug-likeness (QED) is 0.497. The van der Waals surface area contributed by atoms with Crippen LogP contribution in [-0.4, -0.2) is 24.7 Å². The average Bonchev–Trinajstić information content (AvgIpc) is 2.75. The van der Waals surface area contributed by atoms with Crippen molar-refractivity contribution in [3.8, 4) is 0 Å². The maximum atomic E-state index is 4.03. The molecule has 1 heterocycles. The summed E-state index contributed by atoms with van der Waals surface area (Å²) in [7, 11) is 0. The Balaban J connectivity index is 0.000000791. The molecule has 0 bridgehead atoms. The van der Waals surface area contributed by atoms with Gasteiger partial charge in [0, 0.05) is 13.1 Å². The predicted molar refractivity (Wildman–Crippen MR) is 64.6 cm³/mol. The first kappa shape index (κ1) is 12.9. The van der Waals surface area contributed by atoms with Crippen LogP contribution in [0.25, 0.3) is 0 Å². The van der Waals surface area contributed by atoms with Crippen LogP contribution in [0.2, 0.25) is 0 Å². The van der Waals surface area contributed by atoms with E-state index < -0.39 is 0 Å². The Morgan fingerprint density at radius 3 is 2.14 bits per heavy atom. The largest absolute Gasteiger partial charge is 0.356 e. The molecule has 2 nitrogen and oxygen atoms in total. The molecule has 0 spiro atoms. The summed E-state index contributed by atoms with van der Waals surface area (Å²) in [5.41, 5.74) is 1.12. The van der Waals surface area contributed by atoms with E-state index >= 15 is 0 Å². The fourth-order valence-electron chi connectivity index (χ4n) is 1.49. The molecular weight excluding hydrogens is 172 g/mol. The second-order valence-electron chi connectivity index (χ2n) is 3.06. The second-order valence-corrected chi connectivity index (χ2v) is 3.06. The molecule has 1 aliphatic heterocycles. The normalized spacial score (nSPS) is 16.6. The fraction of sp³-hybridized carbons (Fsp3) is 0.583. The molecule has 0 aromatic carbocycles. The number of hydrogen-bond donors (Lipinski definition) is 0. The lowest BCUT2D eigenvalue weighted by atomic mass is 10.3. The van der Waals surface area contributed by atoms with Crippen molar-refractivity contribution >= 4 is 6.72 Å². The maximum Gasteiger partial charge on any atom is 0.130 e. The van der Waals surface area contributed by atoms with Gasteiger partial charge in [-0.05, 0) is 32.1 Å². The van der Waals surface area contributed by atoms with Gasteiger partial charge in [0.15, 0.2) is 0 Å². The Bertz CT molecular complexity index is 210. The van der Waals surface area contributed by atoms with Gasteiger partial charge in [-0.15, -0.1) is 0 Å². The van der Waals surface area contributed by atoms with Crippen molar-refractivity contribution in [1.29, 1.82) is 0 Å². The van der Waals surface area contributed by atoms with E-state index in [1.165, 1.54) is 12.8 Å². The van der Waals surface area contributed by atoms with E-state index in [-0.39, 0.29) is 0 Å². The zero-order valence-corrected chi connectivity index (χ0v) is 9.71. The monoisotopic (exact) mass is 194 g/mol. The molecule has 0 amide bonds. The molecule has 2 heteroatoms. The van der Waals surface area contributed by atoms with E-state index in [1.807, 2.05) is 26.8 Å². The van der Waals surface area contributed by atoms with Gasteiger partial charge in [-0.2, -0.15) is 0 Å². The molecule has 80 valence electrons. The van der Waals surface area contributed by atoms with Crippen LogP contribution in [-0.2, 0) is 0 Å². The predicted octanol–water partition coefficient (Wildman–Crippen LogP) is 3.23. The molecule has 0 N–H and O–H groups in total. The van der Waals surface area contributed by atoms with Crippen LogP contribution in [0.3, 0.4) is 0 Å². The summed E-state index contributed by atoms with van der Waals surface area (Å²) < 4.78 is 0. The van der Waals surface area contributed by atoms with Crippen molar-refractivity contribution < 1.29 is 0 Å². The minimum Gasteiger partial charge on any atom is -0.356 e. The number of likely N-dealkylation sites (tertiary alicyclic amines) is 1. The average molecular weight is 194 g/mol. The lowest BCUT2D eigenvalue weighted by molar-refractivity contribution is 0.419. The Morgan fingerprint density at radius 2 is 1.79 bits per heavy atom. The van der Waals surface area contributed by atoms with Gasteiger partial charge in [0.05, 0.1) is 0 Å². The van der Waals surface area contributed by atoms with Crippen molar-refractivity contribution in [2.75, 3.05) is 13.1 Å². The van der Waals surface area contributed by atoms with Gasteiger partial charge >= 0.3 is 0 Å². The third-order valence-corrected chi connectivity index (χ3v) is 2.21. The van der Waals surface area contributed by atoms with Gasteiger partial charge in [-0.25, -0.2) is 4.99 Å². The first-order chi connectivity index (χ1) is 6.79. The van der Waals surface area contributed by atoms with Gasteiger partial charge in [-0.3, -0.25) is 0 Å². The summed E-state index contributed by atoms with van der Waals surface area (Å²) in [6, 6.07) is 0. The molecule has 0 saturated carbocycles. The molecular formula is C12H22N2. The van der Waals surface area contributed by atoms with Crippen molar-refractivity contribution in [3.63, 3.8) is 0 Å². The third kappa shape index (κ3) is 3.36. The molecule has 0 radical (unpaired) electrons. The van der Waals surface area contributed by atoms with Crippen LogP contribution in [0.1, 0.15) is 33.6 Å². The van der Waals surface area contributed by atoms with E-state index in [9.17, 15) is 0 Å². The Labute approximate surface area is 88.0 Å². The van der Waals surface area contributed by atoms with Crippen molar-refractivity contribution in [2.45, 2.75) is 33.6 Å². The zero-order valence-electron chi connectivity index (χ0n) is 9.71. The van der Waals surface area contributed by atoms with Crippen LogP contribution in [0.15, 0.2) is 29.0 Å². The summed E-state index contributed by atoms with van der Waals surface area (Å²) in [5.74, 6) is 1.00. The standard InChI is InChI=1S/C10H16N2.C2H6/c1-4-9(2)10(11-3)12-7-5-6-8-12;1-2/h4H,1,3,5-8H2,2H3;1-2H3/b10-9+;. The van der Waals surface area contributed by atoms with Gasteiger partial charge < -0.3 is 4.90 Å². The van der Waals surface area contributed by atoms with E-state index in [0.717, 1.165) is 24.5 Å². The molecule has 1 fully saturated rings. The highest BCUT2D eigenvalue weighted by atomic mass is 15.2.